The molecule has 0 atom stereocenters. The molecule has 0 N–H and O–H groups in total. The summed E-state index contributed by atoms with van der Waals surface area (Å²) in [5.41, 5.74) is 4.41. The molecule has 0 amide bonds. The van der Waals surface area contributed by atoms with Crippen molar-refractivity contribution in [3.05, 3.63) is 59.7 Å². The maximum atomic E-state index is 9.29. The molecule has 2 heteroatoms. The third-order valence-corrected chi connectivity index (χ3v) is 3.68. The number of aryl methyl sites for hydroxylation is 1. The lowest BCUT2D eigenvalue weighted by Crippen LogP contribution is -2.18. The van der Waals surface area contributed by atoms with Gasteiger partial charge < -0.3 is 4.90 Å². The Bertz CT molecular complexity index is 625. The van der Waals surface area contributed by atoms with Gasteiger partial charge in [-0.15, -0.1) is 0 Å². The van der Waals surface area contributed by atoms with Crippen molar-refractivity contribution < 1.29 is 0 Å². The van der Waals surface area contributed by atoms with Crippen LogP contribution in [0.3, 0.4) is 0 Å². The quantitative estimate of drug-likeness (QED) is 0.761. The zero-order valence-electron chi connectivity index (χ0n) is 10.8. The number of para-hydroxylation sites is 2. The number of anilines is 2. The second-order valence-corrected chi connectivity index (χ2v) is 4.87. The highest BCUT2D eigenvalue weighted by Gasteiger charge is 2.18. The molecule has 0 saturated heterocycles. The van der Waals surface area contributed by atoms with Crippen molar-refractivity contribution in [3.63, 3.8) is 0 Å². The molecule has 0 unspecified atom stereocenters. The van der Waals surface area contributed by atoms with Crippen LogP contribution < -0.4 is 4.90 Å². The van der Waals surface area contributed by atoms with E-state index in [9.17, 15) is 5.26 Å². The van der Waals surface area contributed by atoms with Gasteiger partial charge in [-0.3, -0.25) is 0 Å². The van der Waals surface area contributed by atoms with Gasteiger partial charge in [-0.2, -0.15) is 5.26 Å². The van der Waals surface area contributed by atoms with Crippen LogP contribution in [0, 0.1) is 11.3 Å². The van der Waals surface area contributed by atoms with E-state index in [1.54, 1.807) is 0 Å². The van der Waals surface area contributed by atoms with Crippen molar-refractivity contribution >= 4 is 11.4 Å². The maximum Gasteiger partial charge on any atom is 0.101 e. The zero-order valence-corrected chi connectivity index (χ0v) is 10.8. The standard InChI is InChI=1S/C17H16N2/c18-13-15-9-2-4-11-17(15)19-12-6-5-8-14-7-1-3-10-16(14)19/h1-4,7,9-11H,5-6,8,12H2. The lowest BCUT2D eigenvalue weighted by molar-refractivity contribution is 0.761. The molecular formula is C17H16N2. The van der Waals surface area contributed by atoms with E-state index in [1.807, 2.05) is 24.3 Å². The maximum absolute atomic E-state index is 9.29. The van der Waals surface area contributed by atoms with E-state index in [-0.39, 0.29) is 0 Å². The Morgan fingerprint density at radius 3 is 2.47 bits per heavy atom. The minimum atomic E-state index is 0.749. The van der Waals surface area contributed by atoms with Gasteiger partial charge in [-0.05, 0) is 43.0 Å². The first-order chi connectivity index (χ1) is 9.40. The predicted octanol–water partition coefficient (Wildman–Crippen LogP) is 4.03. The Kier molecular flexibility index (Phi) is 3.20. The highest BCUT2D eigenvalue weighted by molar-refractivity contribution is 5.71. The largest absolute Gasteiger partial charge is 0.340 e. The van der Waals surface area contributed by atoms with Crippen molar-refractivity contribution in [2.45, 2.75) is 19.3 Å². The van der Waals surface area contributed by atoms with Crippen LogP contribution in [0.1, 0.15) is 24.0 Å². The van der Waals surface area contributed by atoms with Gasteiger partial charge in [-0.1, -0.05) is 30.3 Å². The van der Waals surface area contributed by atoms with Crippen molar-refractivity contribution in [3.8, 4) is 6.07 Å². The van der Waals surface area contributed by atoms with Gasteiger partial charge >= 0.3 is 0 Å². The fourth-order valence-electron chi connectivity index (χ4n) is 2.75. The van der Waals surface area contributed by atoms with Crippen molar-refractivity contribution in [1.29, 1.82) is 5.26 Å². The first kappa shape index (κ1) is 11.8. The molecule has 19 heavy (non-hydrogen) atoms. The van der Waals surface area contributed by atoms with Crippen LogP contribution in [0.15, 0.2) is 48.5 Å². The third-order valence-electron chi connectivity index (χ3n) is 3.68. The molecule has 2 aromatic carbocycles. The molecule has 2 aromatic rings. The SMILES string of the molecule is N#Cc1ccccc1N1CCCCc2ccccc21. The van der Waals surface area contributed by atoms with Gasteiger partial charge in [0.1, 0.15) is 6.07 Å². The van der Waals surface area contributed by atoms with E-state index in [0.29, 0.717) is 0 Å². The van der Waals surface area contributed by atoms with Gasteiger partial charge in [0.25, 0.3) is 0 Å². The molecule has 94 valence electrons. The molecule has 1 heterocycles. The number of benzene rings is 2. The smallest absolute Gasteiger partial charge is 0.101 e. The van der Waals surface area contributed by atoms with Gasteiger partial charge in [0.05, 0.1) is 11.3 Å². The summed E-state index contributed by atoms with van der Waals surface area (Å²) < 4.78 is 0. The summed E-state index contributed by atoms with van der Waals surface area (Å²) in [4.78, 5) is 2.29. The Hall–Kier alpha value is -2.27. The molecule has 0 fully saturated rings. The van der Waals surface area contributed by atoms with Crippen molar-refractivity contribution in [2.24, 2.45) is 0 Å². The first-order valence-electron chi connectivity index (χ1n) is 6.75. The van der Waals surface area contributed by atoms with Gasteiger partial charge in [-0.25, -0.2) is 0 Å². The molecule has 0 aromatic heterocycles. The number of rotatable bonds is 1. The van der Waals surface area contributed by atoms with E-state index in [0.717, 1.165) is 30.6 Å². The number of nitriles is 1. The van der Waals surface area contributed by atoms with E-state index in [4.69, 9.17) is 0 Å². The van der Waals surface area contributed by atoms with Crippen molar-refractivity contribution in [1.82, 2.24) is 0 Å². The van der Waals surface area contributed by atoms with E-state index < -0.39 is 0 Å². The summed E-state index contributed by atoms with van der Waals surface area (Å²) in [6.45, 7) is 0.982. The molecule has 0 saturated carbocycles. The molecule has 0 spiro atoms. The average Bonchev–Trinajstić information content (AvgIpc) is 2.69. The normalized spacial score (nSPS) is 14.4. The lowest BCUT2D eigenvalue weighted by Gasteiger charge is -2.25. The van der Waals surface area contributed by atoms with Crippen LogP contribution in [-0.2, 0) is 6.42 Å². The van der Waals surface area contributed by atoms with Crippen LogP contribution in [0.5, 0.6) is 0 Å². The second-order valence-electron chi connectivity index (χ2n) is 4.87. The summed E-state index contributed by atoms with van der Waals surface area (Å²) in [5.74, 6) is 0. The fourth-order valence-corrected chi connectivity index (χ4v) is 2.75. The van der Waals surface area contributed by atoms with Gasteiger partial charge in [0.15, 0.2) is 0 Å². The fraction of sp³-hybridized carbons (Fsp3) is 0.235. The summed E-state index contributed by atoms with van der Waals surface area (Å²) in [6, 6.07) is 18.7. The summed E-state index contributed by atoms with van der Waals surface area (Å²) in [6.07, 6.45) is 3.50. The number of fused-ring (bicyclic) bond motifs is 1. The second kappa shape index (κ2) is 5.16. The highest BCUT2D eigenvalue weighted by atomic mass is 15.1. The molecule has 0 bridgehead atoms. The zero-order chi connectivity index (χ0) is 13.1. The first-order valence-corrected chi connectivity index (χ1v) is 6.75. The van der Waals surface area contributed by atoms with Crippen LogP contribution in [0.2, 0.25) is 0 Å². The van der Waals surface area contributed by atoms with E-state index in [1.165, 1.54) is 17.7 Å². The van der Waals surface area contributed by atoms with Crippen LogP contribution in [0.25, 0.3) is 0 Å². The monoisotopic (exact) mass is 248 g/mol. The molecule has 0 aliphatic carbocycles. The highest BCUT2D eigenvalue weighted by Crippen LogP contribution is 2.34. The minimum absolute atomic E-state index is 0.749. The van der Waals surface area contributed by atoms with Crippen LogP contribution >= 0.6 is 0 Å². The summed E-state index contributed by atoms with van der Waals surface area (Å²) in [5, 5.41) is 9.29. The summed E-state index contributed by atoms with van der Waals surface area (Å²) >= 11 is 0. The Labute approximate surface area is 113 Å². The Morgan fingerprint density at radius 2 is 1.63 bits per heavy atom. The van der Waals surface area contributed by atoms with E-state index >= 15 is 0 Å². The van der Waals surface area contributed by atoms with Crippen molar-refractivity contribution in [2.75, 3.05) is 11.4 Å². The topological polar surface area (TPSA) is 27.0 Å². The van der Waals surface area contributed by atoms with Gasteiger partial charge in [0.2, 0.25) is 0 Å². The lowest BCUT2D eigenvalue weighted by atomic mass is 10.1. The molecule has 1 aliphatic rings. The number of hydrogen-bond donors (Lipinski definition) is 0. The molecule has 0 radical (unpaired) electrons. The average molecular weight is 248 g/mol. The number of nitrogens with zero attached hydrogens (tertiary/aromatic N) is 2. The van der Waals surface area contributed by atoms with Gasteiger partial charge in [0, 0.05) is 12.2 Å². The number of hydrogen-bond acceptors (Lipinski definition) is 2. The predicted molar refractivity (Wildman–Crippen MR) is 77.5 cm³/mol. The minimum Gasteiger partial charge on any atom is -0.340 e. The third kappa shape index (κ3) is 2.20. The van der Waals surface area contributed by atoms with Crippen LogP contribution in [-0.4, -0.2) is 6.54 Å². The molecule has 1 aliphatic heterocycles. The molecular weight excluding hydrogens is 232 g/mol. The summed E-state index contributed by atoms with van der Waals surface area (Å²) in [7, 11) is 0. The molecule has 2 nitrogen and oxygen atoms in total. The van der Waals surface area contributed by atoms with Crippen LogP contribution in [0.4, 0.5) is 11.4 Å². The van der Waals surface area contributed by atoms with E-state index in [2.05, 4.69) is 35.2 Å². The Balaban J connectivity index is 2.12. The Morgan fingerprint density at radius 1 is 0.895 bits per heavy atom. The molecule has 3 rings (SSSR count).